The van der Waals surface area contributed by atoms with E-state index >= 15 is 0 Å². The van der Waals surface area contributed by atoms with Crippen LogP contribution in [-0.4, -0.2) is 11.6 Å². The fourth-order valence-electron chi connectivity index (χ4n) is 0.809. The van der Waals surface area contributed by atoms with E-state index in [-0.39, 0.29) is 21.7 Å². The average molecular weight is 256 g/mol. The highest BCUT2D eigenvalue weighted by atomic mass is 35.5. The molecule has 0 saturated heterocycles. The van der Waals surface area contributed by atoms with E-state index in [2.05, 4.69) is 0 Å². The van der Waals surface area contributed by atoms with Crippen molar-refractivity contribution in [3.63, 3.8) is 0 Å². The molecule has 0 aromatic heterocycles. The van der Waals surface area contributed by atoms with E-state index in [1.54, 1.807) is 6.07 Å². The third kappa shape index (κ3) is 3.39. The molecule has 82 valence electrons. The first-order chi connectivity index (χ1) is 6.95. The molecule has 1 atom stereocenters. The van der Waals surface area contributed by atoms with Gasteiger partial charge in [-0.25, -0.2) is 0 Å². The summed E-state index contributed by atoms with van der Waals surface area (Å²) in [4.78, 5) is 10.2. The van der Waals surface area contributed by atoms with E-state index in [1.165, 1.54) is 18.2 Å². The van der Waals surface area contributed by atoms with Crippen molar-refractivity contribution in [3.8, 4) is 0 Å². The summed E-state index contributed by atoms with van der Waals surface area (Å²) in [6.45, 7) is 0. The first-order valence-electron chi connectivity index (χ1n) is 3.75. The minimum absolute atomic E-state index is 0.167. The quantitative estimate of drug-likeness (QED) is 0.601. The fourth-order valence-corrected chi connectivity index (χ4v) is 1.83. The van der Waals surface area contributed by atoms with Crippen LogP contribution in [0.4, 0.5) is 13.2 Å². The Morgan fingerprint density at radius 3 is 2.40 bits per heavy atom. The van der Waals surface area contributed by atoms with Gasteiger partial charge < -0.3 is 0 Å². The number of nitrogens with zero attached hydrogens (tertiary/aromatic N) is 1. The largest absolute Gasteiger partial charge is 0.424 e. The van der Waals surface area contributed by atoms with E-state index in [0.717, 1.165) is 0 Å². The lowest BCUT2D eigenvalue weighted by molar-refractivity contribution is -0.127. The van der Waals surface area contributed by atoms with Crippen LogP contribution in [0.15, 0.2) is 34.3 Å². The van der Waals surface area contributed by atoms with Crippen molar-refractivity contribution in [2.24, 2.45) is 5.18 Å². The number of alkyl halides is 3. The zero-order valence-corrected chi connectivity index (χ0v) is 8.73. The summed E-state index contributed by atoms with van der Waals surface area (Å²) in [6.07, 6.45) is -4.66. The molecule has 15 heavy (non-hydrogen) atoms. The van der Waals surface area contributed by atoms with E-state index in [4.69, 9.17) is 11.6 Å². The van der Waals surface area contributed by atoms with Crippen molar-refractivity contribution in [1.82, 2.24) is 0 Å². The fraction of sp³-hybridized carbons (Fsp3) is 0.250. The van der Waals surface area contributed by atoms with Crippen LogP contribution in [0.3, 0.4) is 0 Å². The molecular formula is C8H5ClF3NOS. The van der Waals surface area contributed by atoms with Crippen LogP contribution < -0.4 is 0 Å². The molecule has 0 bridgehead atoms. The normalized spacial score (nSPS) is 13.6. The van der Waals surface area contributed by atoms with Crippen molar-refractivity contribution >= 4 is 23.4 Å². The summed E-state index contributed by atoms with van der Waals surface area (Å²) in [5.41, 5.74) is 0. The standard InChI is InChI=1S/C8H5ClF3NOS/c9-5-3-1-2-4-6(5)15-7(13-14)8(10,11)12/h1-4,7H. The van der Waals surface area contributed by atoms with Crippen LogP contribution in [0.2, 0.25) is 5.02 Å². The van der Waals surface area contributed by atoms with E-state index in [1.807, 2.05) is 5.18 Å². The molecule has 1 rings (SSSR count). The highest BCUT2D eigenvalue weighted by Crippen LogP contribution is 2.38. The lowest BCUT2D eigenvalue weighted by Crippen LogP contribution is -2.22. The van der Waals surface area contributed by atoms with Crippen molar-refractivity contribution in [3.05, 3.63) is 34.2 Å². The Morgan fingerprint density at radius 1 is 1.33 bits per heavy atom. The molecular weight excluding hydrogens is 251 g/mol. The van der Waals surface area contributed by atoms with Crippen molar-refractivity contribution < 1.29 is 13.2 Å². The molecule has 0 fully saturated rings. The first-order valence-corrected chi connectivity index (χ1v) is 5.01. The second-order valence-corrected chi connectivity index (χ2v) is 4.08. The highest BCUT2D eigenvalue weighted by molar-refractivity contribution is 8.00. The van der Waals surface area contributed by atoms with Gasteiger partial charge in [0.1, 0.15) is 0 Å². The maximum Gasteiger partial charge on any atom is 0.424 e. The predicted octanol–water partition coefficient (Wildman–Crippen LogP) is 4.09. The topological polar surface area (TPSA) is 29.4 Å². The predicted molar refractivity (Wildman–Crippen MR) is 52.9 cm³/mol. The van der Waals surface area contributed by atoms with Gasteiger partial charge in [0.15, 0.2) is 0 Å². The van der Waals surface area contributed by atoms with E-state index < -0.39 is 11.6 Å². The second kappa shape index (κ2) is 4.85. The van der Waals surface area contributed by atoms with Crippen LogP contribution in [0.25, 0.3) is 0 Å². The molecule has 0 saturated carbocycles. The molecule has 1 unspecified atom stereocenters. The minimum atomic E-state index is -4.66. The Labute approximate surface area is 92.8 Å². The molecule has 0 radical (unpaired) electrons. The Bertz CT molecular complexity index is 358. The Balaban J connectivity index is 2.85. The molecule has 0 aliphatic rings. The molecule has 1 aromatic carbocycles. The van der Waals surface area contributed by atoms with Gasteiger partial charge in [0, 0.05) is 4.90 Å². The molecule has 7 heteroatoms. The minimum Gasteiger partial charge on any atom is -0.168 e. The number of halogens is 4. The van der Waals surface area contributed by atoms with Gasteiger partial charge in [0.05, 0.1) is 5.02 Å². The van der Waals surface area contributed by atoms with Crippen LogP contribution in [0.5, 0.6) is 0 Å². The lowest BCUT2D eigenvalue weighted by Gasteiger charge is -2.12. The Morgan fingerprint density at radius 2 is 1.93 bits per heavy atom. The smallest absolute Gasteiger partial charge is 0.168 e. The Hall–Kier alpha value is -0.750. The first kappa shape index (κ1) is 12.3. The zero-order valence-electron chi connectivity index (χ0n) is 7.16. The van der Waals surface area contributed by atoms with Crippen LogP contribution in [0.1, 0.15) is 0 Å². The van der Waals surface area contributed by atoms with Crippen LogP contribution >= 0.6 is 23.4 Å². The third-order valence-corrected chi connectivity index (χ3v) is 3.08. The number of hydrogen-bond donors (Lipinski definition) is 0. The van der Waals surface area contributed by atoms with Crippen molar-refractivity contribution in [2.75, 3.05) is 0 Å². The summed E-state index contributed by atoms with van der Waals surface area (Å²) < 4.78 is 36.5. The second-order valence-electron chi connectivity index (χ2n) is 2.55. The van der Waals surface area contributed by atoms with Gasteiger partial charge in [-0.05, 0) is 17.3 Å². The van der Waals surface area contributed by atoms with Gasteiger partial charge in [0.2, 0.25) is 5.37 Å². The number of nitroso groups, excluding NO2 is 1. The number of benzene rings is 1. The van der Waals surface area contributed by atoms with Gasteiger partial charge in [-0.1, -0.05) is 35.5 Å². The number of rotatable bonds is 3. The zero-order chi connectivity index (χ0) is 11.5. The van der Waals surface area contributed by atoms with Gasteiger partial charge in [0.25, 0.3) is 0 Å². The molecule has 0 N–H and O–H groups in total. The highest BCUT2D eigenvalue weighted by Gasteiger charge is 2.42. The van der Waals surface area contributed by atoms with Gasteiger partial charge in [-0.15, -0.1) is 4.91 Å². The SMILES string of the molecule is O=NC(Sc1ccccc1Cl)C(F)(F)F. The Kier molecular flexibility index (Phi) is 3.98. The molecule has 0 amide bonds. The van der Waals surface area contributed by atoms with Crippen molar-refractivity contribution in [2.45, 2.75) is 16.4 Å². The number of hydrogen-bond acceptors (Lipinski definition) is 3. The lowest BCUT2D eigenvalue weighted by atomic mass is 10.4. The molecule has 0 spiro atoms. The monoisotopic (exact) mass is 255 g/mol. The maximum atomic E-state index is 12.2. The van der Waals surface area contributed by atoms with E-state index in [9.17, 15) is 18.1 Å². The summed E-state index contributed by atoms with van der Waals surface area (Å²) in [5, 5.41) is -0.130. The number of thioether (sulfide) groups is 1. The third-order valence-electron chi connectivity index (χ3n) is 1.45. The summed E-state index contributed by atoms with van der Waals surface area (Å²) >= 11 is 5.93. The maximum absolute atomic E-state index is 12.2. The molecule has 0 aliphatic carbocycles. The summed E-state index contributed by atoms with van der Waals surface area (Å²) in [5.74, 6) is 0. The average Bonchev–Trinajstić information content (AvgIpc) is 2.14. The summed E-state index contributed by atoms with van der Waals surface area (Å²) in [7, 11) is 0. The summed E-state index contributed by atoms with van der Waals surface area (Å²) in [6, 6.07) is 5.97. The van der Waals surface area contributed by atoms with Gasteiger partial charge in [-0.2, -0.15) is 13.2 Å². The van der Waals surface area contributed by atoms with Crippen LogP contribution in [-0.2, 0) is 0 Å². The van der Waals surface area contributed by atoms with E-state index in [0.29, 0.717) is 0 Å². The molecule has 2 nitrogen and oxygen atoms in total. The van der Waals surface area contributed by atoms with Crippen molar-refractivity contribution in [1.29, 1.82) is 0 Å². The molecule has 0 aliphatic heterocycles. The molecule has 1 aromatic rings. The molecule has 0 heterocycles. The van der Waals surface area contributed by atoms with Gasteiger partial charge in [-0.3, -0.25) is 0 Å². The van der Waals surface area contributed by atoms with Crippen LogP contribution in [0, 0.1) is 4.91 Å². The van der Waals surface area contributed by atoms with Gasteiger partial charge >= 0.3 is 6.18 Å².